The van der Waals surface area contributed by atoms with E-state index in [-0.39, 0.29) is 66.3 Å². The van der Waals surface area contributed by atoms with E-state index in [2.05, 4.69) is 6.92 Å². The summed E-state index contributed by atoms with van der Waals surface area (Å²) in [6, 6.07) is -0.650. The molecule has 10 heteroatoms. The van der Waals surface area contributed by atoms with Crippen LogP contribution in [0.4, 0.5) is 0 Å². The number of hydrogen-bond acceptors (Lipinski definition) is 9. The van der Waals surface area contributed by atoms with Crippen LogP contribution in [0.5, 0.6) is 0 Å². The standard InChI is InChI=1S/C31H41NO9/c1-29-12-10-19(33)15-18(29)6-7-20-21-11-13-31(39,30(21,2)16-23(34)27(20)29)24(35)17-41-26(37)9-8-25(36)32-14-4-5-22(32)28(38)40-3/h15,20-22,27,39H,4-14,16-17H2,1-3H3/t20-,21+,22-,27+,29-,30-,31-/m0/s1. The van der Waals surface area contributed by atoms with E-state index in [1.807, 2.05) is 6.92 Å². The molecule has 10 nitrogen and oxygen atoms in total. The lowest BCUT2D eigenvalue weighted by Gasteiger charge is -2.57. The summed E-state index contributed by atoms with van der Waals surface area (Å²) in [5, 5.41) is 11.8. The largest absolute Gasteiger partial charge is 0.467 e. The number of Topliss-reactive ketones (excluding diaryl/α,β-unsaturated/α-hetero) is 2. The number of ketones is 3. The molecule has 224 valence electrons. The number of carbonyl (C=O) groups excluding carboxylic acids is 6. The zero-order chi connectivity index (χ0) is 29.7. The first-order chi connectivity index (χ1) is 19.4. The number of allylic oxidation sites excluding steroid dienone is 1. The van der Waals surface area contributed by atoms with Crippen molar-refractivity contribution in [1.29, 1.82) is 0 Å². The lowest BCUT2D eigenvalue weighted by atomic mass is 9.46. The Balaban J connectivity index is 1.20. The quantitative estimate of drug-likeness (QED) is 0.456. The summed E-state index contributed by atoms with van der Waals surface area (Å²) in [5.74, 6) is -2.30. The Labute approximate surface area is 240 Å². The van der Waals surface area contributed by atoms with Gasteiger partial charge in [0.15, 0.2) is 12.4 Å². The van der Waals surface area contributed by atoms with Crippen molar-refractivity contribution in [2.45, 2.75) is 96.1 Å². The first-order valence-electron chi connectivity index (χ1n) is 14.9. The maximum atomic E-state index is 13.8. The van der Waals surface area contributed by atoms with Gasteiger partial charge in [0.05, 0.1) is 13.5 Å². The van der Waals surface area contributed by atoms with Crippen molar-refractivity contribution in [1.82, 2.24) is 4.90 Å². The summed E-state index contributed by atoms with van der Waals surface area (Å²) < 4.78 is 9.97. The normalized spacial score (nSPS) is 38.0. The summed E-state index contributed by atoms with van der Waals surface area (Å²) in [6.45, 7) is 3.70. The topological polar surface area (TPSA) is 144 Å². The van der Waals surface area contributed by atoms with Gasteiger partial charge in [-0.25, -0.2) is 4.79 Å². The number of likely N-dealkylation sites (tertiary alicyclic amines) is 1. The maximum Gasteiger partial charge on any atom is 0.328 e. The molecule has 5 rings (SSSR count). The molecule has 0 bridgehead atoms. The van der Waals surface area contributed by atoms with Gasteiger partial charge < -0.3 is 19.5 Å². The van der Waals surface area contributed by atoms with E-state index in [1.54, 1.807) is 6.08 Å². The third-order valence-electron chi connectivity index (χ3n) is 11.2. The Morgan fingerprint density at radius 1 is 1.05 bits per heavy atom. The van der Waals surface area contributed by atoms with E-state index < -0.39 is 41.4 Å². The lowest BCUT2D eigenvalue weighted by molar-refractivity contribution is -0.174. The third-order valence-corrected chi connectivity index (χ3v) is 11.2. The van der Waals surface area contributed by atoms with Gasteiger partial charge in [-0.05, 0) is 68.3 Å². The number of ether oxygens (including phenoxy) is 2. The number of nitrogens with zero attached hydrogens (tertiary/aromatic N) is 1. The molecule has 7 atom stereocenters. The highest BCUT2D eigenvalue weighted by Gasteiger charge is 2.68. The first kappa shape index (κ1) is 29.6. The van der Waals surface area contributed by atoms with Crippen LogP contribution in [0.3, 0.4) is 0 Å². The molecule has 0 spiro atoms. The number of rotatable bonds is 7. The zero-order valence-corrected chi connectivity index (χ0v) is 24.2. The van der Waals surface area contributed by atoms with E-state index in [4.69, 9.17) is 9.47 Å². The first-order valence-corrected chi connectivity index (χ1v) is 14.9. The van der Waals surface area contributed by atoms with Crippen LogP contribution in [-0.2, 0) is 38.2 Å². The van der Waals surface area contributed by atoms with Crippen LogP contribution in [0.2, 0.25) is 0 Å². The fourth-order valence-corrected chi connectivity index (χ4v) is 8.98. The fraction of sp³-hybridized carbons (Fsp3) is 0.742. The Hall–Kier alpha value is -2.88. The van der Waals surface area contributed by atoms with Crippen LogP contribution in [-0.4, -0.2) is 77.1 Å². The molecular weight excluding hydrogens is 530 g/mol. The Bertz CT molecular complexity index is 1210. The number of hydrogen-bond donors (Lipinski definition) is 1. The average molecular weight is 572 g/mol. The summed E-state index contributed by atoms with van der Waals surface area (Å²) >= 11 is 0. The van der Waals surface area contributed by atoms with Gasteiger partial charge in [0, 0.05) is 37.1 Å². The second-order valence-corrected chi connectivity index (χ2v) is 13.2. The molecule has 0 aromatic heterocycles. The molecule has 1 N–H and O–H groups in total. The smallest absolute Gasteiger partial charge is 0.328 e. The molecule has 1 saturated heterocycles. The molecule has 1 heterocycles. The van der Waals surface area contributed by atoms with Crippen molar-refractivity contribution < 1.29 is 43.3 Å². The van der Waals surface area contributed by atoms with Crippen LogP contribution in [0, 0.1) is 28.6 Å². The minimum atomic E-state index is -1.79. The van der Waals surface area contributed by atoms with Crippen molar-refractivity contribution >= 4 is 35.2 Å². The number of fused-ring (bicyclic) bond motifs is 5. The third kappa shape index (κ3) is 4.76. The number of aliphatic hydroxyl groups is 1. The van der Waals surface area contributed by atoms with Gasteiger partial charge in [0.2, 0.25) is 11.7 Å². The number of carbonyl (C=O) groups is 6. The van der Waals surface area contributed by atoms with E-state index in [1.165, 1.54) is 12.0 Å². The molecule has 3 saturated carbocycles. The van der Waals surface area contributed by atoms with Crippen LogP contribution < -0.4 is 0 Å². The van der Waals surface area contributed by atoms with Crippen molar-refractivity contribution in [2.24, 2.45) is 28.6 Å². The zero-order valence-electron chi connectivity index (χ0n) is 24.2. The van der Waals surface area contributed by atoms with Gasteiger partial charge in [0.1, 0.15) is 17.4 Å². The molecule has 1 aliphatic heterocycles. The molecule has 41 heavy (non-hydrogen) atoms. The number of esters is 2. The second-order valence-electron chi connectivity index (χ2n) is 13.2. The highest BCUT2D eigenvalue weighted by Crippen LogP contribution is 2.66. The molecule has 4 aliphatic carbocycles. The highest BCUT2D eigenvalue weighted by atomic mass is 16.5. The van der Waals surface area contributed by atoms with E-state index in [0.717, 1.165) is 18.4 Å². The van der Waals surface area contributed by atoms with E-state index in [0.29, 0.717) is 38.6 Å². The molecule has 1 amide bonds. The molecule has 0 radical (unpaired) electrons. The minimum absolute atomic E-state index is 0.0198. The Morgan fingerprint density at radius 3 is 2.54 bits per heavy atom. The molecule has 0 unspecified atom stereocenters. The van der Waals surface area contributed by atoms with Crippen LogP contribution in [0.15, 0.2) is 11.6 Å². The molecule has 4 fully saturated rings. The predicted octanol–water partition coefficient (Wildman–Crippen LogP) is 2.48. The average Bonchev–Trinajstić information content (AvgIpc) is 3.53. The molecule has 0 aromatic carbocycles. The molecular formula is C31H41NO9. The summed E-state index contributed by atoms with van der Waals surface area (Å²) in [7, 11) is 1.27. The van der Waals surface area contributed by atoms with Crippen molar-refractivity contribution in [3.05, 3.63) is 11.6 Å². The van der Waals surface area contributed by atoms with Gasteiger partial charge in [0.25, 0.3) is 0 Å². The second kappa shape index (κ2) is 10.7. The van der Waals surface area contributed by atoms with Crippen LogP contribution in [0.25, 0.3) is 0 Å². The minimum Gasteiger partial charge on any atom is -0.467 e. The predicted molar refractivity (Wildman–Crippen MR) is 144 cm³/mol. The summed E-state index contributed by atoms with van der Waals surface area (Å²) in [6.07, 6.45) is 5.92. The monoisotopic (exact) mass is 571 g/mol. The fourth-order valence-electron chi connectivity index (χ4n) is 8.98. The van der Waals surface area contributed by atoms with Crippen molar-refractivity contribution in [3.8, 4) is 0 Å². The van der Waals surface area contributed by atoms with Crippen LogP contribution >= 0.6 is 0 Å². The maximum absolute atomic E-state index is 13.8. The summed E-state index contributed by atoms with van der Waals surface area (Å²) in [5.41, 5.74) is -2.06. The van der Waals surface area contributed by atoms with E-state index >= 15 is 0 Å². The Morgan fingerprint density at radius 2 is 1.80 bits per heavy atom. The van der Waals surface area contributed by atoms with Crippen LogP contribution in [0.1, 0.15) is 84.5 Å². The molecule has 0 aromatic rings. The number of amides is 1. The lowest BCUT2D eigenvalue weighted by Crippen LogP contribution is -2.61. The van der Waals surface area contributed by atoms with Gasteiger partial charge in [-0.15, -0.1) is 0 Å². The summed E-state index contributed by atoms with van der Waals surface area (Å²) in [4.78, 5) is 77.6. The van der Waals surface area contributed by atoms with Gasteiger partial charge in [-0.2, -0.15) is 0 Å². The Kier molecular flexibility index (Phi) is 7.76. The SMILES string of the molecule is COC(=O)[C@@H]1CCCN1C(=O)CCC(=O)OCC(=O)[C@@]1(O)CC[C@@H]2[C@@H]3CCC4=CC(=O)CC[C@]4(C)[C@H]3C(=O)C[C@@]21C. The van der Waals surface area contributed by atoms with Crippen molar-refractivity contribution in [3.63, 3.8) is 0 Å². The van der Waals surface area contributed by atoms with Gasteiger partial charge >= 0.3 is 11.9 Å². The van der Waals surface area contributed by atoms with Gasteiger partial charge in [-0.1, -0.05) is 19.4 Å². The molecule has 5 aliphatic rings. The van der Waals surface area contributed by atoms with Crippen molar-refractivity contribution in [2.75, 3.05) is 20.3 Å². The number of methoxy groups -OCH3 is 1. The highest BCUT2D eigenvalue weighted by molar-refractivity contribution is 5.95. The van der Waals surface area contributed by atoms with Gasteiger partial charge in [-0.3, -0.25) is 24.0 Å². The van der Waals surface area contributed by atoms with E-state index in [9.17, 15) is 33.9 Å².